The second-order valence-corrected chi connectivity index (χ2v) is 7.74. The zero-order chi connectivity index (χ0) is 23.4. The van der Waals surface area contributed by atoms with Crippen molar-refractivity contribution in [1.82, 2.24) is 15.2 Å². The number of benzene rings is 1. The summed E-state index contributed by atoms with van der Waals surface area (Å²) >= 11 is 0. The van der Waals surface area contributed by atoms with Gasteiger partial charge < -0.3 is 25.7 Å². The number of carbonyl (C=O) groups excluding carboxylic acids is 1. The Bertz CT molecular complexity index is 1150. The molecule has 4 N–H and O–H groups in total. The Balaban J connectivity index is 1.82. The second kappa shape index (κ2) is 9.78. The molecule has 1 atom stereocenters. The summed E-state index contributed by atoms with van der Waals surface area (Å²) in [6, 6.07) is 8.17. The van der Waals surface area contributed by atoms with Gasteiger partial charge in [0, 0.05) is 47.6 Å². The van der Waals surface area contributed by atoms with Crippen molar-refractivity contribution in [2.75, 3.05) is 35.3 Å². The summed E-state index contributed by atoms with van der Waals surface area (Å²) in [4.78, 5) is 18.6. The summed E-state index contributed by atoms with van der Waals surface area (Å²) in [6.45, 7) is 5.55. The number of ether oxygens (including phenoxy) is 1. The fourth-order valence-corrected chi connectivity index (χ4v) is 3.73. The predicted molar refractivity (Wildman–Crippen MR) is 126 cm³/mol. The number of H-pyrrole nitrogens is 1. The fourth-order valence-electron chi connectivity index (χ4n) is 3.73. The zero-order valence-electron chi connectivity index (χ0n) is 18.5. The molecule has 0 unspecified atom stereocenters. The van der Waals surface area contributed by atoms with Gasteiger partial charge in [-0.2, -0.15) is 5.10 Å². The molecule has 9 nitrogen and oxygen atoms in total. The number of amides is 1. The molecule has 1 amide bonds. The molecule has 1 aliphatic heterocycles. The van der Waals surface area contributed by atoms with Gasteiger partial charge in [-0.05, 0) is 31.2 Å². The van der Waals surface area contributed by atoms with Gasteiger partial charge in [-0.1, -0.05) is 6.92 Å². The number of pyridine rings is 1. The number of halogens is 1. The van der Waals surface area contributed by atoms with E-state index in [-0.39, 0.29) is 11.9 Å². The quantitative estimate of drug-likeness (QED) is 0.404. The molecule has 172 valence electrons. The van der Waals surface area contributed by atoms with Gasteiger partial charge in [0.25, 0.3) is 0 Å². The number of nitrogens with one attached hydrogen (secondary N) is 4. The molecule has 1 saturated heterocycles. The number of hydrogen-bond acceptors (Lipinski definition) is 7. The number of aromatic nitrogens is 3. The summed E-state index contributed by atoms with van der Waals surface area (Å²) in [5.74, 6) is 0.953. The Morgan fingerprint density at radius 2 is 2.21 bits per heavy atom. The van der Waals surface area contributed by atoms with Crippen LogP contribution in [-0.4, -0.2) is 53.1 Å². The number of nitrogens with zero attached hydrogens (tertiary/aromatic N) is 3. The third-order valence-corrected chi connectivity index (χ3v) is 5.47. The molecule has 4 rings (SSSR count). The maximum absolute atomic E-state index is 15.2. The van der Waals surface area contributed by atoms with E-state index >= 15 is 4.39 Å². The number of anilines is 4. The van der Waals surface area contributed by atoms with Gasteiger partial charge in [-0.3, -0.25) is 9.89 Å². The lowest BCUT2D eigenvalue weighted by Crippen LogP contribution is -2.44. The van der Waals surface area contributed by atoms with Crippen LogP contribution in [0.15, 0.2) is 36.5 Å². The van der Waals surface area contributed by atoms with Crippen LogP contribution in [0.5, 0.6) is 0 Å². The van der Waals surface area contributed by atoms with Gasteiger partial charge in [0.15, 0.2) is 0 Å². The highest BCUT2D eigenvalue weighted by Crippen LogP contribution is 2.35. The first-order valence-electron chi connectivity index (χ1n) is 10.8. The van der Waals surface area contributed by atoms with E-state index in [2.05, 4.69) is 25.7 Å². The number of hydrogen-bond donors (Lipinski definition) is 4. The molecule has 33 heavy (non-hydrogen) atoms. The molecule has 1 aromatic carbocycles. The van der Waals surface area contributed by atoms with Crippen molar-refractivity contribution in [2.24, 2.45) is 0 Å². The van der Waals surface area contributed by atoms with E-state index in [0.29, 0.717) is 66.0 Å². The SMILES string of the molecule is CCC(=O)Nc1ccc(-c2cc(N3CCOC[C@H]3C)nc(Nc3ccn[nH]3)c2C=N)c(F)c1. The van der Waals surface area contributed by atoms with Crippen molar-refractivity contribution in [3.05, 3.63) is 47.9 Å². The topological polar surface area (TPSA) is 119 Å². The Morgan fingerprint density at radius 1 is 1.36 bits per heavy atom. The zero-order valence-corrected chi connectivity index (χ0v) is 18.5. The first-order chi connectivity index (χ1) is 16.0. The minimum Gasteiger partial charge on any atom is -0.377 e. The second-order valence-electron chi connectivity index (χ2n) is 7.74. The van der Waals surface area contributed by atoms with Crippen molar-refractivity contribution in [3.63, 3.8) is 0 Å². The predicted octanol–water partition coefficient (Wildman–Crippen LogP) is 3.93. The molecular weight excluding hydrogens is 425 g/mol. The van der Waals surface area contributed by atoms with Gasteiger partial charge in [-0.15, -0.1) is 0 Å². The standard InChI is InChI=1S/C23H26FN7O2/c1-3-22(32)27-15-4-5-16(19(24)10-15)17-11-21(31-8-9-33-13-14(31)2)29-23(18(17)12-25)28-20-6-7-26-30-20/h4-7,10-12,14,25H,3,8-9,13H2,1-2H3,(H,27,32)(H2,26,28,29,30)/t14-/m1/s1. The molecular formula is C23H26FN7O2. The molecule has 0 radical (unpaired) electrons. The first kappa shape index (κ1) is 22.4. The van der Waals surface area contributed by atoms with Crippen LogP contribution < -0.4 is 15.5 Å². The highest BCUT2D eigenvalue weighted by molar-refractivity contribution is 5.97. The lowest BCUT2D eigenvalue weighted by Gasteiger charge is -2.35. The lowest BCUT2D eigenvalue weighted by atomic mass is 9.99. The maximum atomic E-state index is 15.2. The lowest BCUT2D eigenvalue weighted by molar-refractivity contribution is -0.115. The van der Waals surface area contributed by atoms with E-state index in [4.69, 9.17) is 15.1 Å². The summed E-state index contributed by atoms with van der Waals surface area (Å²) < 4.78 is 20.8. The number of aromatic amines is 1. The van der Waals surface area contributed by atoms with E-state index < -0.39 is 5.82 Å². The van der Waals surface area contributed by atoms with E-state index in [1.54, 1.807) is 37.4 Å². The highest BCUT2D eigenvalue weighted by atomic mass is 19.1. The monoisotopic (exact) mass is 451 g/mol. The van der Waals surface area contributed by atoms with Gasteiger partial charge in [0.1, 0.15) is 23.3 Å². The normalized spacial score (nSPS) is 15.8. The molecule has 10 heteroatoms. The molecule has 1 fully saturated rings. The number of rotatable bonds is 7. The van der Waals surface area contributed by atoms with Gasteiger partial charge in [-0.25, -0.2) is 9.37 Å². The van der Waals surface area contributed by atoms with E-state index in [1.165, 1.54) is 6.07 Å². The minimum atomic E-state index is -0.508. The molecule has 2 aromatic heterocycles. The van der Waals surface area contributed by atoms with Crippen LogP contribution in [0.4, 0.5) is 27.5 Å². The van der Waals surface area contributed by atoms with Crippen LogP contribution in [0.3, 0.4) is 0 Å². The van der Waals surface area contributed by atoms with Gasteiger partial charge in [0.05, 0.1) is 25.5 Å². The van der Waals surface area contributed by atoms with Crippen LogP contribution in [0.25, 0.3) is 11.1 Å². The van der Waals surface area contributed by atoms with Crippen molar-refractivity contribution in [2.45, 2.75) is 26.3 Å². The largest absolute Gasteiger partial charge is 0.377 e. The van der Waals surface area contributed by atoms with Gasteiger partial charge in [0.2, 0.25) is 5.91 Å². The minimum absolute atomic E-state index is 0.0846. The number of carbonyl (C=O) groups is 1. The van der Waals surface area contributed by atoms with Crippen LogP contribution in [0.1, 0.15) is 25.8 Å². The van der Waals surface area contributed by atoms with E-state index in [0.717, 1.165) is 6.21 Å². The number of morpholine rings is 1. The maximum Gasteiger partial charge on any atom is 0.224 e. The van der Waals surface area contributed by atoms with Crippen LogP contribution >= 0.6 is 0 Å². The average Bonchev–Trinajstić information content (AvgIpc) is 3.32. The molecule has 3 heterocycles. The van der Waals surface area contributed by atoms with Gasteiger partial charge >= 0.3 is 0 Å². The van der Waals surface area contributed by atoms with Crippen molar-refractivity contribution < 1.29 is 13.9 Å². The highest BCUT2D eigenvalue weighted by Gasteiger charge is 2.24. The fraction of sp³-hybridized carbons (Fsp3) is 0.304. The van der Waals surface area contributed by atoms with Crippen molar-refractivity contribution >= 4 is 35.3 Å². The Morgan fingerprint density at radius 3 is 2.88 bits per heavy atom. The van der Waals surface area contributed by atoms with Crippen LogP contribution in [0.2, 0.25) is 0 Å². The summed E-state index contributed by atoms with van der Waals surface area (Å²) in [5.41, 5.74) is 1.63. The summed E-state index contributed by atoms with van der Waals surface area (Å²) in [7, 11) is 0. The molecule has 0 aliphatic carbocycles. The third kappa shape index (κ3) is 4.85. The molecule has 0 saturated carbocycles. The molecule has 3 aromatic rings. The van der Waals surface area contributed by atoms with Crippen molar-refractivity contribution in [1.29, 1.82) is 5.41 Å². The Kier molecular flexibility index (Phi) is 6.64. The van der Waals surface area contributed by atoms with Crippen LogP contribution in [-0.2, 0) is 9.53 Å². The molecule has 0 spiro atoms. The Hall–Kier alpha value is -3.79. The van der Waals surface area contributed by atoms with E-state index in [1.807, 2.05) is 6.92 Å². The Labute approximate surface area is 190 Å². The smallest absolute Gasteiger partial charge is 0.224 e. The van der Waals surface area contributed by atoms with Crippen LogP contribution in [0, 0.1) is 11.2 Å². The van der Waals surface area contributed by atoms with E-state index in [9.17, 15) is 4.79 Å². The van der Waals surface area contributed by atoms with Crippen molar-refractivity contribution in [3.8, 4) is 11.1 Å². The first-order valence-corrected chi connectivity index (χ1v) is 10.8. The third-order valence-electron chi connectivity index (χ3n) is 5.47. The average molecular weight is 452 g/mol. The summed E-state index contributed by atoms with van der Waals surface area (Å²) in [5, 5.41) is 20.6. The molecule has 0 bridgehead atoms. The summed E-state index contributed by atoms with van der Waals surface area (Å²) in [6.07, 6.45) is 3.05. The molecule has 1 aliphatic rings.